The third kappa shape index (κ3) is 2.95. The van der Waals surface area contributed by atoms with Crippen molar-refractivity contribution in [3.63, 3.8) is 0 Å². The topological polar surface area (TPSA) is 104 Å². The van der Waals surface area contributed by atoms with Gasteiger partial charge in [0.2, 0.25) is 17.7 Å². The highest BCUT2D eigenvalue weighted by molar-refractivity contribution is 7.99. The van der Waals surface area contributed by atoms with E-state index in [1.165, 1.54) is 11.8 Å². The molecule has 8 heteroatoms. The molecule has 2 heterocycles. The van der Waals surface area contributed by atoms with Gasteiger partial charge in [-0.15, -0.1) is 0 Å². The normalized spacial score (nSPS) is 26.1. The van der Waals surface area contributed by atoms with Gasteiger partial charge in [-0.2, -0.15) is 11.8 Å². The number of carboxylic acids is 1. The highest BCUT2D eigenvalue weighted by Crippen LogP contribution is 2.28. The van der Waals surface area contributed by atoms with Gasteiger partial charge in [0.1, 0.15) is 5.54 Å². The zero-order valence-corrected chi connectivity index (χ0v) is 11.7. The van der Waals surface area contributed by atoms with Crippen LogP contribution in [-0.4, -0.2) is 57.3 Å². The molecule has 0 aliphatic carbocycles. The number of thioether (sulfide) groups is 1. The number of nitrogens with one attached hydrogen (secondary N) is 1. The molecule has 1 unspecified atom stereocenters. The minimum atomic E-state index is -1.21. The number of hydrogen-bond acceptors (Lipinski definition) is 5. The summed E-state index contributed by atoms with van der Waals surface area (Å²) < 4.78 is 0. The highest BCUT2D eigenvalue weighted by Gasteiger charge is 2.43. The van der Waals surface area contributed by atoms with Crippen molar-refractivity contribution in [2.75, 3.05) is 18.1 Å². The molecule has 0 spiro atoms. The molecule has 20 heavy (non-hydrogen) atoms. The Hall–Kier alpha value is -1.57. The second-order valence-corrected chi connectivity index (χ2v) is 6.03. The summed E-state index contributed by atoms with van der Waals surface area (Å²) in [6.07, 6.45) is 0.712. The summed E-state index contributed by atoms with van der Waals surface area (Å²) in [4.78, 5) is 47.0. The Morgan fingerprint density at radius 2 is 1.95 bits per heavy atom. The SMILES string of the molecule is O=C(CCN1C(=O)CCC1=O)NC1(C(=O)O)CCSC1. The Kier molecular flexibility index (Phi) is 4.32. The molecular formula is C12H16N2O5S. The minimum Gasteiger partial charge on any atom is -0.479 e. The summed E-state index contributed by atoms with van der Waals surface area (Å²) in [5, 5.41) is 11.8. The Morgan fingerprint density at radius 3 is 2.45 bits per heavy atom. The van der Waals surface area contributed by atoms with Crippen molar-refractivity contribution in [1.29, 1.82) is 0 Å². The van der Waals surface area contributed by atoms with Gasteiger partial charge in [0.05, 0.1) is 0 Å². The van der Waals surface area contributed by atoms with Gasteiger partial charge in [0.25, 0.3) is 0 Å². The predicted octanol–water partition coefficient (Wildman–Crippen LogP) is -0.398. The molecule has 2 saturated heterocycles. The van der Waals surface area contributed by atoms with Gasteiger partial charge in [0, 0.05) is 31.6 Å². The van der Waals surface area contributed by atoms with Crippen molar-refractivity contribution >= 4 is 35.5 Å². The van der Waals surface area contributed by atoms with Crippen molar-refractivity contribution in [2.45, 2.75) is 31.2 Å². The van der Waals surface area contributed by atoms with E-state index in [-0.39, 0.29) is 37.6 Å². The van der Waals surface area contributed by atoms with Gasteiger partial charge < -0.3 is 10.4 Å². The molecular weight excluding hydrogens is 284 g/mol. The van der Waals surface area contributed by atoms with Gasteiger partial charge in [-0.3, -0.25) is 19.3 Å². The van der Waals surface area contributed by atoms with Gasteiger partial charge >= 0.3 is 5.97 Å². The molecule has 7 nitrogen and oxygen atoms in total. The van der Waals surface area contributed by atoms with Crippen LogP contribution >= 0.6 is 11.8 Å². The third-order valence-electron chi connectivity index (χ3n) is 3.53. The number of carbonyl (C=O) groups is 4. The first-order chi connectivity index (χ1) is 9.44. The number of carbonyl (C=O) groups excluding carboxylic acids is 3. The Bertz CT molecular complexity index is 443. The molecule has 110 valence electrons. The van der Waals surface area contributed by atoms with Crippen molar-refractivity contribution in [1.82, 2.24) is 10.2 Å². The molecule has 2 rings (SSSR count). The molecule has 0 aromatic heterocycles. The molecule has 0 saturated carbocycles. The van der Waals surface area contributed by atoms with Crippen LogP contribution < -0.4 is 5.32 Å². The van der Waals surface area contributed by atoms with Crippen molar-refractivity contribution in [3.8, 4) is 0 Å². The molecule has 0 bridgehead atoms. The van der Waals surface area contributed by atoms with Crippen LogP contribution in [0.4, 0.5) is 0 Å². The standard InChI is InChI=1S/C12H16N2O5S/c15-8(3-5-14-9(16)1-2-10(14)17)13-12(11(18)19)4-6-20-7-12/h1-7H2,(H,13,15)(H,18,19). The molecule has 2 aliphatic heterocycles. The third-order valence-corrected chi connectivity index (χ3v) is 4.72. The van der Waals surface area contributed by atoms with Crippen molar-refractivity contribution in [3.05, 3.63) is 0 Å². The second-order valence-electron chi connectivity index (χ2n) is 4.93. The number of nitrogens with zero attached hydrogens (tertiary/aromatic N) is 1. The van der Waals surface area contributed by atoms with E-state index >= 15 is 0 Å². The van der Waals surface area contributed by atoms with E-state index in [4.69, 9.17) is 0 Å². The maximum Gasteiger partial charge on any atom is 0.330 e. The van der Waals surface area contributed by atoms with Gasteiger partial charge in [-0.25, -0.2) is 4.79 Å². The van der Waals surface area contributed by atoms with Crippen LogP contribution in [0.15, 0.2) is 0 Å². The number of likely N-dealkylation sites (tertiary alicyclic amines) is 1. The first-order valence-corrected chi connectivity index (χ1v) is 7.55. The van der Waals surface area contributed by atoms with Crippen LogP contribution in [0.25, 0.3) is 0 Å². The lowest BCUT2D eigenvalue weighted by Gasteiger charge is -2.25. The number of carboxylic acid groups (broad SMARTS) is 1. The largest absolute Gasteiger partial charge is 0.479 e. The molecule has 0 aromatic rings. The summed E-state index contributed by atoms with van der Waals surface area (Å²) in [5.41, 5.74) is -1.21. The lowest BCUT2D eigenvalue weighted by molar-refractivity contribution is -0.147. The molecule has 1 atom stereocenters. The number of aliphatic carboxylic acids is 1. The van der Waals surface area contributed by atoms with Crippen molar-refractivity contribution < 1.29 is 24.3 Å². The second kappa shape index (κ2) is 5.82. The number of hydrogen-bond donors (Lipinski definition) is 2. The van der Waals surface area contributed by atoms with Crippen LogP contribution in [0.1, 0.15) is 25.7 Å². The van der Waals surface area contributed by atoms with Gasteiger partial charge in [-0.1, -0.05) is 0 Å². The van der Waals surface area contributed by atoms with E-state index in [0.29, 0.717) is 17.9 Å². The fraction of sp³-hybridized carbons (Fsp3) is 0.667. The quantitative estimate of drug-likeness (QED) is 0.670. The Labute approximate surface area is 120 Å². The number of amides is 3. The van der Waals surface area contributed by atoms with E-state index in [0.717, 1.165) is 4.90 Å². The molecule has 2 fully saturated rings. The van der Waals surface area contributed by atoms with Crippen LogP contribution in [0.2, 0.25) is 0 Å². The summed E-state index contributed by atoms with van der Waals surface area (Å²) in [7, 11) is 0. The summed E-state index contributed by atoms with van der Waals surface area (Å²) in [6.45, 7) is 0.0202. The predicted molar refractivity (Wildman–Crippen MR) is 71.0 cm³/mol. The Morgan fingerprint density at radius 1 is 1.30 bits per heavy atom. The lowest BCUT2D eigenvalue weighted by atomic mass is 9.99. The van der Waals surface area contributed by atoms with Crippen molar-refractivity contribution in [2.24, 2.45) is 0 Å². The molecule has 3 amide bonds. The summed E-state index contributed by atoms with van der Waals surface area (Å²) in [6, 6.07) is 0. The fourth-order valence-corrected chi connectivity index (χ4v) is 3.63. The Balaban J connectivity index is 1.87. The summed E-state index contributed by atoms with van der Waals surface area (Å²) in [5.74, 6) is -0.989. The first-order valence-electron chi connectivity index (χ1n) is 6.40. The highest BCUT2D eigenvalue weighted by atomic mass is 32.2. The van der Waals surface area contributed by atoms with E-state index in [2.05, 4.69) is 5.32 Å². The lowest BCUT2D eigenvalue weighted by Crippen LogP contribution is -2.55. The maximum atomic E-state index is 11.8. The van der Waals surface area contributed by atoms with Gasteiger partial charge in [-0.05, 0) is 12.2 Å². The minimum absolute atomic E-state index is 0.0202. The molecule has 2 N–H and O–H groups in total. The first kappa shape index (κ1) is 14.8. The van der Waals surface area contributed by atoms with Crippen LogP contribution in [-0.2, 0) is 19.2 Å². The van der Waals surface area contributed by atoms with E-state index in [1.54, 1.807) is 0 Å². The fourth-order valence-electron chi connectivity index (χ4n) is 2.30. The smallest absolute Gasteiger partial charge is 0.330 e. The molecule has 0 radical (unpaired) electrons. The number of rotatable bonds is 5. The molecule has 2 aliphatic rings. The zero-order valence-electron chi connectivity index (χ0n) is 10.9. The van der Waals surface area contributed by atoms with Gasteiger partial charge in [0.15, 0.2) is 0 Å². The van der Waals surface area contributed by atoms with Crippen LogP contribution in [0.5, 0.6) is 0 Å². The monoisotopic (exact) mass is 300 g/mol. The zero-order chi connectivity index (χ0) is 14.8. The van der Waals surface area contributed by atoms with E-state index < -0.39 is 17.4 Å². The van der Waals surface area contributed by atoms with Crippen LogP contribution in [0, 0.1) is 0 Å². The van der Waals surface area contributed by atoms with E-state index in [1.807, 2.05) is 0 Å². The number of imide groups is 1. The van der Waals surface area contributed by atoms with E-state index in [9.17, 15) is 24.3 Å². The van der Waals surface area contributed by atoms with Crippen LogP contribution in [0.3, 0.4) is 0 Å². The molecule has 0 aromatic carbocycles. The average molecular weight is 300 g/mol. The average Bonchev–Trinajstić information content (AvgIpc) is 2.97. The summed E-state index contributed by atoms with van der Waals surface area (Å²) >= 11 is 1.48. The maximum absolute atomic E-state index is 11.8.